The van der Waals surface area contributed by atoms with E-state index in [1.165, 1.54) is 0 Å². The molecule has 0 heterocycles. The van der Waals surface area contributed by atoms with Crippen LogP contribution in [0.4, 0.5) is 0 Å². The minimum absolute atomic E-state index is 0.0452. The molecule has 3 nitrogen and oxygen atoms in total. The van der Waals surface area contributed by atoms with E-state index in [4.69, 9.17) is 21.1 Å². The molecule has 0 spiro atoms. The van der Waals surface area contributed by atoms with Crippen molar-refractivity contribution >= 4 is 17.4 Å². The van der Waals surface area contributed by atoms with Crippen molar-refractivity contribution in [2.24, 2.45) is 0 Å². The lowest BCUT2D eigenvalue weighted by atomic mass is 10.1. The molecule has 0 aliphatic rings. The highest BCUT2D eigenvalue weighted by molar-refractivity contribution is 6.34. The normalized spacial score (nSPS) is 11.6. The van der Waals surface area contributed by atoms with Crippen molar-refractivity contribution in [2.45, 2.75) is 25.9 Å². The van der Waals surface area contributed by atoms with Crippen LogP contribution in [-0.4, -0.2) is 31.7 Å². The molecule has 0 aliphatic carbocycles. The summed E-state index contributed by atoms with van der Waals surface area (Å²) >= 11 is 5.93. The maximum Gasteiger partial charge on any atom is 0.189 e. The molecule has 0 aliphatic heterocycles. The molecule has 0 atom stereocenters. The van der Waals surface area contributed by atoms with Gasteiger partial charge in [0.1, 0.15) is 6.61 Å². The van der Waals surface area contributed by atoms with Crippen molar-refractivity contribution in [3.63, 3.8) is 0 Å². The average molecular weight is 271 g/mol. The summed E-state index contributed by atoms with van der Waals surface area (Å²) in [7, 11) is 1.66. The van der Waals surface area contributed by atoms with Crippen LogP contribution < -0.4 is 0 Å². The van der Waals surface area contributed by atoms with Crippen molar-refractivity contribution < 1.29 is 14.3 Å². The highest BCUT2D eigenvalue weighted by Gasteiger charge is 2.16. The summed E-state index contributed by atoms with van der Waals surface area (Å²) in [6, 6.07) is 6.98. The molecule has 0 N–H and O–H groups in total. The second kappa shape index (κ2) is 6.88. The molecule has 0 unspecified atom stereocenters. The monoisotopic (exact) mass is 270 g/mol. The molecule has 0 radical (unpaired) electrons. The average Bonchev–Trinajstić information content (AvgIpc) is 2.35. The third kappa shape index (κ3) is 4.77. The Morgan fingerprint density at radius 3 is 2.61 bits per heavy atom. The zero-order valence-corrected chi connectivity index (χ0v) is 11.8. The van der Waals surface area contributed by atoms with E-state index in [1.54, 1.807) is 31.4 Å². The van der Waals surface area contributed by atoms with Gasteiger partial charge in [-0.15, -0.1) is 0 Å². The fraction of sp³-hybridized carbons (Fsp3) is 0.500. The maximum atomic E-state index is 11.8. The number of halogens is 1. The van der Waals surface area contributed by atoms with Gasteiger partial charge >= 0.3 is 0 Å². The number of Topliss-reactive ketones (excluding diaryl/α,β-unsaturated/α-hetero) is 1. The molecule has 0 saturated heterocycles. The van der Waals surface area contributed by atoms with Crippen molar-refractivity contribution in [3.05, 3.63) is 34.9 Å². The van der Waals surface area contributed by atoms with Crippen LogP contribution in [0.5, 0.6) is 0 Å². The van der Waals surface area contributed by atoms with Gasteiger partial charge in [-0.05, 0) is 32.4 Å². The molecule has 0 aromatic heterocycles. The number of carbonyl (C=O) groups excluding carboxylic acids is 1. The van der Waals surface area contributed by atoms with Crippen LogP contribution in [-0.2, 0) is 9.47 Å². The number of benzene rings is 1. The number of methoxy groups -OCH3 is 1. The summed E-state index contributed by atoms with van der Waals surface area (Å²) in [6.45, 7) is 4.49. The van der Waals surface area contributed by atoms with Crippen molar-refractivity contribution in [1.29, 1.82) is 0 Å². The molecular formula is C14H19ClO3. The van der Waals surface area contributed by atoms with E-state index in [2.05, 4.69) is 0 Å². The Morgan fingerprint density at radius 1 is 1.33 bits per heavy atom. The van der Waals surface area contributed by atoms with E-state index in [-0.39, 0.29) is 18.0 Å². The smallest absolute Gasteiger partial charge is 0.189 e. The lowest BCUT2D eigenvalue weighted by molar-refractivity contribution is -0.00836. The summed E-state index contributed by atoms with van der Waals surface area (Å²) in [4.78, 5) is 11.8. The fourth-order valence-corrected chi connectivity index (χ4v) is 1.59. The molecule has 100 valence electrons. The van der Waals surface area contributed by atoms with Crippen LogP contribution in [0.25, 0.3) is 0 Å². The largest absolute Gasteiger partial charge is 0.379 e. The minimum Gasteiger partial charge on any atom is -0.379 e. The van der Waals surface area contributed by atoms with Crippen molar-refractivity contribution in [1.82, 2.24) is 0 Å². The number of ketones is 1. The van der Waals surface area contributed by atoms with E-state index in [0.29, 0.717) is 17.2 Å². The SMILES string of the molecule is COC(C)(C)CCOCC(=O)c1ccccc1Cl. The van der Waals surface area contributed by atoms with Gasteiger partial charge in [0, 0.05) is 19.3 Å². The van der Waals surface area contributed by atoms with Gasteiger partial charge in [0.15, 0.2) is 5.78 Å². The summed E-state index contributed by atoms with van der Waals surface area (Å²) in [5.41, 5.74) is 0.276. The van der Waals surface area contributed by atoms with E-state index in [0.717, 1.165) is 6.42 Å². The molecule has 18 heavy (non-hydrogen) atoms. The van der Waals surface area contributed by atoms with Crippen LogP contribution in [0.3, 0.4) is 0 Å². The zero-order valence-electron chi connectivity index (χ0n) is 11.0. The topological polar surface area (TPSA) is 35.5 Å². The Morgan fingerprint density at radius 2 is 2.00 bits per heavy atom. The van der Waals surface area contributed by atoms with Crippen LogP contribution >= 0.6 is 11.6 Å². The molecule has 0 amide bonds. The first-order chi connectivity index (χ1) is 8.46. The Hall–Kier alpha value is -0.900. The quantitative estimate of drug-likeness (QED) is 0.563. The molecular weight excluding hydrogens is 252 g/mol. The van der Waals surface area contributed by atoms with E-state index in [9.17, 15) is 4.79 Å². The number of hydrogen-bond donors (Lipinski definition) is 0. The second-order valence-electron chi connectivity index (χ2n) is 4.67. The molecule has 4 heteroatoms. The van der Waals surface area contributed by atoms with E-state index >= 15 is 0 Å². The zero-order chi connectivity index (χ0) is 13.6. The predicted octanol–water partition coefficient (Wildman–Crippen LogP) is 3.35. The molecule has 0 saturated carbocycles. The van der Waals surface area contributed by atoms with Gasteiger partial charge in [0.2, 0.25) is 0 Å². The molecule has 1 aromatic rings. The van der Waals surface area contributed by atoms with Crippen LogP contribution in [0, 0.1) is 0 Å². The second-order valence-corrected chi connectivity index (χ2v) is 5.08. The molecule has 0 bridgehead atoms. The van der Waals surface area contributed by atoms with Gasteiger partial charge < -0.3 is 9.47 Å². The lowest BCUT2D eigenvalue weighted by Crippen LogP contribution is -2.25. The molecule has 1 aromatic carbocycles. The Bertz CT molecular complexity index is 402. The van der Waals surface area contributed by atoms with E-state index in [1.807, 2.05) is 13.8 Å². The summed E-state index contributed by atoms with van der Waals surface area (Å²) in [6.07, 6.45) is 0.735. The third-order valence-corrected chi connectivity index (χ3v) is 3.14. The summed E-state index contributed by atoms with van der Waals surface area (Å²) in [5, 5.41) is 0.461. The first kappa shape index (κ1) is 15.2. The van der Waals surface area contributed by atoms with Gasteiger partial charge in [-0.1, -0.05) is 23.7 Å². The highest BCUT2D eigenvalue weighted by Crippen LogP contribution is 2.16. The number of ether oxygens (including phenoxy) is 2. The van der Waals surface area contributed by atoms with Gasteiger partial charge in [0.25, 0.3) is 0 Å². The van der Waals surface area contributed by atoms with Crippen molar-refractivity contribution in [3.8, 4) is 0 Å². The van der Waals surface area contributed by atoms with Crippen LogP contribution in [0.1, 0.15) is 30.6 Å². The van der Waals surface area contributed by atoms with E-state index < -0.39 is 0 Å². The first-order valence-electron chi connectivity index (χ1n) is 5.87. The minimum atomic E-state index is -0.229. The van der Waals surface area contributed by atoms with Gasteiger partial charge in [0.05, 0.1) is 10.6 Å². The predicted molar refractivity (Wildman–Crippen MR) is 72.3 cm³/mol. The first-order valence-corrected chi connectivity index (χ1v) is 6.25. The summed E-state index contributed by atoms with van der Waals surface area (Å²) < 4.78 is 10.6. The third-order valence-electron chi connectivity index (χ3n) is 2.81. The Kier molecular flexibility index (Phi) is 5.79. The molecule has 1 rings (SSSR count). The highest BCUT2D eigenvalue weighted by atomic mass is 35.5. The molecule has 0 fully saturated rings. The van der Waals surface area contributed by atoms with Crippen molar-refractivity contribution in [2.75, 3.05) is 20.3 Å². The standard InChI is InChI=1S/C14H19ClO3/c1-14(2,17-3)8-9-18-10-13(16)11-6-4-5-7-12(11)15/h4-7H,8-10H2,1-3H3. The van der Waals surface area contributed by atoms with Gasteiger partial charge in [-0.2, -0.15) is 0 Å². The van der Waals surface area contributed by atoms with Gasteiger partial charge in [-0.25, -0.2) is 0 Å². The number of hydrogen-bond acceptors (Lipinski definition) is 3. The fourth-order valence-electron chi connectivity index (χ4n) is 1.35. The summed E-state index contributed by atoms with van der Waals surface area (Å²) in [5.74, 6) is -0.101. The van der Waals surface area contributed by atoms with Crippen LogP contribution in [0.2, 0.25) is 5.02 Å². The Labute approximate surface area is 113 Å². The number of rotatable bonds is 7. The van der Waals surface area contributed by atoms with Crippen LogP contribution in [0.15, 0.2) is 24.3 Å². The number of carbonyl (C=O) groups is 1. The lowest BCUT2D eigenvalue weighted by Gasteiger charge is -2.22. The Balaban J connectivity index is 2.37. The maximum absolute atomic E-state index is 11.8. The van der Waals surface area contributed by atoms with Gasteiger partial charge in [-0.3, -0.25) is 4.79 Å².